The highest BCUT2D eigenvalue weighted by molar-refractivity contribution is 5.36. The second-order valence-corrected chi connectivity index (χ2v) is 4.54. The van der Waals surface area contributed by atoms with Crippen LogP contribution in [0.25, 0.3) is 5.69 Å². The summed E-state index contributed by atoms with van der Waals surface area (Å²) in [5, 5.41) is 12.9. The summed E-state index contributed by atoms with van der Waals surface area (Å²) >= 11 is 0. The van der Waals surface area contributed by atoms with Crippen LogP contribution in [0.15, 0.2) is 67.0 Å². The molecule has 0 spiro atoms. The smallest absolute Gasteiger partial charge is 0.119 e. The van der Waals surface area contributed by atoms with Gasteiger partial charge in [-0.25, -0.2) is 4.68 Å². The minimum atomic E-state index is 0.491. The molecule has 0 saturated carbocycles. The highest BCUT2D eigenvalue weighted by atomic mass is 16.5. The van der Waals surface area contributed by atoms with Crippen molar-refractivity contribution in [3.8, 4) is 17.5 Å². The number of nitriles is 1. The third-order valence-electron chi connectivity index (χ3n) is 3.09. The molecule has 1 aromatic heterocycles. The normalized spacial score (nSPS) is 10.0. The van der Waals surface area contributed by atoms with Gasteiger partial charge in [-0.05, 0) is 48.0 Å². The molecule has 0 aliphatic carbocycles. The van der Waals surface area contributed by atoms with Crippen LogP contribution in [0.5, 0.6) is 5.75 Å². The molecule has 0 unspecified atom stereocenters. The molecule has 21 heavy (non-hydrogen) atoms. The van der Waals surface area contributed by atoms with Crippen molar-refractivity contribution in [1.29, 1.82) is 5.26 Å². The third kappa shape index (κ3) is 3.10. The Kier molecular flexibility index (Phi) is 3.66. The number of ether oxygens (including phenoxy) is 1. The third-order valence-corrected chi connectivity index (χ3v) is 3.09. The quantitative estimate of drug-likeness (QED) is 0.734. The lowest BCUT2D eigenvalue weighted by atomic mass is 10.2. The van der Waals surface area contributed by atoms with Crippen molar-refractivity contribution in [2.24, 2.45) is 0 Å². The summed E-state index contributed by atoms with van der Waals surface area (Å²) in [6.45, 7) is 0.491. The SMILES string of the molecule is N#Cc1ccc(OCc2ccc(-n3cccn3)cc2)cc1. The van der Waals surface area contributed by atoms with Crippen molar-refractivity contribution >= 4 is 0 Å². The van der Waals surface area contributed by atoms with Crippen LogP contribution in [0.1, 0.15) is 11.1 Å². The van der Waals surface area contributed by atoms with E-state index in [0.717, 1.165) is 17.0 Å². The van der Waals surface area contributed by atoms with Gasteiger partial charge in [-0.1, -0.05) is 12.1 Å². The maximum Gasteiger partial charge on any atom is 0.119 e. The van der Waals surface area contributed by atoms with Crippen molar-refractivity contribution in [2.45, 2.75) is 6.61 Å². The summed E-state index contributed by atoms with van der Waals surface area (Å²) < 4.78 is 7.50. The van der Waals surface area contributed by atoms with E-state index in [1.165, 1.54) is 0 Å². The molecule has 0 bridgehead atoms. The Hall–Kier alpha value is -3.06. The van der Waals surface area contributed by atoms with Gasteiger partial charge in [-0.3, -0.25) is 0 Å². The van der Waals surface area contributed by atoms with E-state index in [2.05, 4.69) is 11.2 Å². The standard InChI is InChI=1S/C17H13N3O/c18-12-14-4-8-17(9-5-14)21-13-15-2-6-16(7-3-15)20-11-1-10-19-20/h1-11H,13H2. The van der Waals surface area contributed by atoms with Crippen LogP contribution < -0.4 is 4.74 Å². The van der Waals surface area contributed by atoms with Gasteiger partial charge in [0.1, 0.15) is 12.4 Å². The molecule has 4 heteroatoms. The Labute approximate surface area is 122 Å². The molecule has 0 radical (unpaired) electrons. The zero-order chi connectivity index (χ0) is 14.5. The fraction of sp³-hybridized carbons (Fsp3) is 0.0588. The summed E-state index contributed by atoms with van der Waals surface area (Å²) in [5.41, 5.74) is 2.73. The molecule has 2 aromatic carbocycles. The molecule has 0 amide bonds. The first-order chi connectivity index (χ1) is 10.3. The molecule has 0 aliphatic rings. The Morgan fingerprint density at radius 3 is 2.43 bits per heavy atom. The number of rotatable bonds is 4. The summed E-state index contributed by atoms with van der Waals surface area (Å²) in [5.74, 6) is 0.755. The van der Waals surface area contributed by atoms with E-state index in [1.807, 2.05) is 41.2 Å². The van der Waals surface area contributed by atoms with Gasteiger partial charge in [-0.2, -0.15) is 10.4 Å². The van der Waals surface area contributed by atoms with Gasteiger partial charge in [0, 0.05) is 12.4 Å². The highest BCUT2D eigenvalue weighted by Gasteiger charge is 1.99. The number of aromatic nitrogens is 2. The lowest BCUT2D eigenvalue weighted by Gasteiger charge is -2.07. The average molecular weight is 275 g/mol. The molecule has 0 N–H and O–H groups in total. The van der Waals surface area contributed by atoms with E-state index in [-0.39, 0.29) is 0 Å². The second-order valence-electron chi connectivity index (χ2n) is 4.54. The first-order valence-corrected chi connectivity index (χ1v) is 6.57. The van der Waals surface area contributed by atoms with Gasteiger partial charge in [-0.15, -0.1) is 0 Å². The topological polar surface area (TPSA) is 50.8 Å². The van der Waals surface area contributed by atoms with Crippen molar-refractivity contribution < 1.29 is 4.74 Å². The maximum absolute atomic E-state index is 8.74. The van der Waals surface area contributed by atoms with E-state index in [1.54, 1.807) is 30.5 Å². The Morgan fingerprint density at radius 1 is 1.05 bits per heavy atom. The van der Waals surface area contributed by atoms with Crippen LogP contribution in [0.2, 0.25) is 0 Å². The molecule has 3 aromatic rings. The summed E-state index contributed by atoms with van der Waals surface area (Å²) in [4.78, 5) is 0. The number of hydrogen-bond acceptors (Lipinski definition) is 3. The number of benzene rings is 2. The first kappa shape index (κ1) is 12.9. The largest absolute Gasteiger partial charge is 0.489 e. The van der Waals surface area contributed by atoms with E-state index >= 15 is 0 Å². The predicted molar refractivity (Wildman–Crippen MR) is 79.1 cm³/mol. The van der Waals surface area contributed by atoms with Gasteiger partial charge < -0.3 is 4.74 Å². The molecule has 1 heterocycles. The van der Waals surface area contributed by atoms with Crippen LogP contribution in [0.4, 0.5) is 0 Å². The van der Waals surface area contributed by atoms with Gasteiger partial charge >= 0.3 is 0 Å². The predicted octanol–water partition coefficient (Wildman–Crippen LogP) is 3.32. The molecular formula is C17H13N3O. The van der Waals surface area contributed by atoms with E-state index < -0.39 is 0 Å². The Bertz CT molecular complexity index is 738. The highest BCUT2D eigenvalue weighted by Crippen LogP contribution is 2.15. The number of nitrogens with zero attached hydrogens (tertiary/aromatic N) is 3. The first-order valence-electron chi connectivity index (χ1n) is 6.57. The average Bonchev–Trinajstić information content (AvgIpc) is 3.08. The van der Waals surface area contributed by atoms with Crippen molar-refractivity contribution in [3.05, 3.63) is 78.1 Å². The fourth-order valence-electron chi connectivity index (χ4n) is 1.96. The van der Waals surface area contributed by atoms with E-state index in [9.17, 15) is 0 Å². The van der Waals surface area contributed by atoms with Crippen LogP contribution in [-0.4, -0.2) is 9.78 Å². The van der Waals surface area contributed by atoms with Crippen LogP contribution in [-0.2, 0) is 6.61 Å². The van der Waals surface area contributed by atoms with Crippen molar-refractivity contribution in [3.63, 3.8) is 0 Å². The molecule has 0 atom stereocenters. The number of hydrogen-bond donors (Lipinski definition) is 0. The zero-order valence-electron chi connectivity index (χ0n) is 11.3. The van der Waals surface area contributed by atoms with Crippen LogP contribution >= 0.6 is 0 Å². The molecule has 0 aliphatic heterocycles. The summed E-state index contributed by atoms with van der Waals surface area (Å²) in [6, 6.07) is 19.1. The Balaban J connectivity index is 1.64. The molecular weight excluding hydrogens is 262 g/mol. The van der Waals surface area contributed by atoms with E-state index in [0.29, 0.717) is 12.2 Å². The fourth-order valence-corrected chi connectivity index (χ4v) is 1.96. The minimum absolute atomic E-state index is 0.491. The second kappa shape index (κ2) is 5.93. The van der Waals surface area contributed by atoms with Crippen molar-refractivity contribution in [2.75, 3.05) is 0 Å². The maximum atomic E-state index is 8.74. The molecule has 0 fully saturated rings. The van der Waals surface area contributed by atoms with E-state index in [4.69, 9.17) is 10.00 Å². The Morgan fingerprint density at radius 2 is 1.81 bits per heavy atom. The van der Waals surface area contributed by atoms with Gasteiger partial charge in [0.25, 0.3) is 0 Å². The van der Waals surface area contributed by atoms with Crippen LogP contribution in [0.3, 0.4) is 0 Å². The summed E-state index contributed by atoms with van der Waals surface area (Å²) in [6.07, 6.45) is 3.66. The van der Waals surface area contributed by atoms with Gasteiger partial charge in [0.2, 0.25) is 0 Å². The summed E-state index contributed by atoms with van der Waals surface area (Å²) in [7, 11) is 0. The van der Waals surface area contributed by atoms with Crippen LogP contribution in [0, 0.1) is 11.3 Å². The monoisotopic (exact) mass is 275 g/mol. The molecule has 0 saturated heterocycles. The minimum Gasteiger partial charge on any atom is -0.489 e. The lowest BCUT2D eigenvalue weighted by Crippen LogP contribution is -1.97. The van der Waals surface area contributed by atoms with Crippen molar-refractivity contribution in [1.82, 2.24) is 9.78 Å². The zero-order valence-corrected chi connectivity index (χ0v) is 11.3. The van der Waals surface area contributed by atoms with Gasteiger partial charge in [0.15, 0.2) is 0 Å². The molecule has 4 nitrogen and oxygen atoms in total. The molecule has 3 rings (SSSR count). The lowest BCUT2D eigenvalue weighted by molar-refractivity contribution is 0.306. The van der Waals surface area contributed by atoms with Gasteiger partial charge in [0.05, 0.1) is 17.3 Å². The molecule has 102 valence electrons.